The average Bonchev–Trinajstić information content (AvgIpc) is 1.99. The lowest BCUT2D eigenvalue weighted by atomic mass is 9.95. The predicted octanol–water partition coefficient (Wildman–Crippen LogP) is 1.19. The van der Waals surface area contributed by atoms with Crippen molar-refractivity contribution in [3.63, 3.8) is 0 Å². The molecule has 1 unspecified atom stereocenters. The van der Waals surface area contributed by atoms with Crippen molar-refractivity contribution in [2.75, 3.05) is 26.3 Å². The lowest BCUT2D eigenvalue weighted by Gasteiger charge is -2.36. The van der Waals surface area contributed by atoms with Gasteiger partial charge in [0.05, 0.1) is 12.3 Å². The predicted molar refractivity (Wildman–Crippen MR) is 46.9 cm³/mol. The molecule has 3 heteroatoms. The van der Waals surface area contributed by atoms with Crippen LogP contribution < -0.4 is 0 Å². The molecule has 72 valence electrons. The quantitative estimate of drug-likeness (QED) is 0.696. The number of nitrogens with zero attached hydrogens (tertiary/aromatic N) is 1. The van der Waals surface area contributed by atoms with Gasteiger partial charge in [-0.2, -0.15) is 0 Å². The van der Waals surface area contributed by atoms with Crippen LogP contribution in [0.2, 0.25) is 0 Å². The summed E-state index contributed by atoms with van der Waals surface area (Å²) in [7, 11) is 0. The Kier molecular flexibility index (Phi) is 3.47. The van der Waals surface area contributed by atoms with Gasteiger partial charge in [-0.3, -0.25) is 4.39 Å². The van der Waals surface area contributed by atoms with Crippen molar-refractivity contribution >= 4 is 0 Å². The van der Waals surface area contributed by atoms with Crippen LogP contribution in [0.5, 0.6) is 0 Å². The van der Waals surface area contributed by atoms with E-state index in [4.69, 9.17) is 0 Å². The molecule has 1 aliphatic heterocycles. The molecule has 12 heavy (non-hydrogen) atoms. The molecule has 0 aromatic heterocycles. The lowest BCUT2D eigenvalue weighted by Crippen LogP contribution is -2.46. The number of rotatable bonds is 3. The fourth-order valence-corrected chi connectivity index (χ4v) is 1.80. The molecule has 0 saturated carbocycles. The third-order valence-electron chi connectivity index (χ3n) is 2.36. The van der Waals surface area contributed by atoms with Gasteiger partial charge in [0.1, 0.15) is 0 Å². The summed E-state index contributed by atoms with van der Waals surface area (Å²) in [6, 6.07) is 0. The van der Waals surface area contributed by atoms with Gasteiger partial charge in [0, 0.05) is 13.1 Å². The highest BCUT2D eigenvalue weighted by Crippen LogP contribution is 2.19. The van der Waals surface area contributed by atoms with Crippen LogP contribution in [0.15, 0.2) is 0 Å². The summed E-state index contributed by atoms with van der Waals surface area (Å²) in [6.45, 7) is 4.10. The van der Waals surface area contributed by atoms with Gasteiger partial charge in [-0.1, -0.05) is 0 Å². The molecule has 0 aromatic carbocycles. The summed E-state index contributed by atoms with van der Waals surface area (Å²) in [5.74, 6) is 0. The molecule has 0 spiro atoms. The maximum atomic E-state index is 11.9. The van der Waals surface area contributed by atoms with Crippen LogP contribution in [0, 0.1) is 0 Å². The first kappa shape index (κ1) is 9.93. The zero-order valence-electron chi connectivity index (χ0n) is 7.72. The van der Waals surface area contributed by atoms with Gasteiger partial charge in [-0.15, -0.1) is 0 Å². The summed E-state index contributed by atoms with van der Waals surface area (Å²) in [6.07, 6.45) is 2.49. The normalized spacial score (nSPS) is 32.2. The van der Waals surface area contributed by atoms with Crippen molar-refractivity contribution in [2.24, 2.45) is 0 Å². The summed E-state index contributed by atoms with van der Waals surface area (Å²) in [5.41, 5.74) is -0.547. The number of alkyl halides is 1. The van der Waals surface area contributed by atoms with Crippen molar-refractivity contribution in [3.8, 4) is 0 Å². The second kappa shape index (κ2) is 4.19. The van der Waals surface area contributed by atoms with Gasteiger partial charge in [0.15, 0.2) is 0 Å². The van der Waals surface area contributed by atoms with Gasteiger partial charge in [-0.25, -0.2) is 0 Å². The van der Waals surface area contributed by atoms with Crippen LogP contribution in [0.25, 0.3) is 0 Å². The smallest absolute Gasteiger partial charge is 0.0906 e. The maximum absolute atomic E-state index is 11.9. The van der Waals surface area contributed by atoms with Gasteiger partial charge in [-0.05, 0) is 32.7 Å². The van der Waals surface area contributed by atoms with E-state index < -0.39 is 5.60 Å². The Balaban J connectivity index is 2.26. The zero-order chi connectivity index (χ0) is 9.03. The average molecular weight is 175 g/mol. The van der Waals surface area contributed by atoms with Crippen molar-refractivity contribution in [2.45, 2.75) is 31.8 Å². The fourth-order valence-electron chi connectivity index (χ4n) is 1.80. The zero-order valence-corrected chi connectivity index (χ0v) is 7.72. The highest BCUT2D eigenvalue weighted by Gasteiger charge is 2.27. The molecule has 0 radical (unpaired) electrons. The van der Waals surface area contributed by atoms with E-state index in [0.717, 1.165) is 25.9 Å². The van der Waals surface area contributed by atoms with Crippen LogP contribution >= 0.6 is 0 Å². The number of aliphatic hydroxyl groups is 1. The number of hydrogen-bond donors (Lipinski definition) is 1. The summed E-state index contributed by atoms with van der Waals surface area (Å²) in [5, 5.41) is 9.71. The Morgan fingerprint density at radius 1 is 1.58 bits per heavy atom. The molecule has 1 aliphatic rings. The molecule has 1 saturated heterocycles. The molecular weight excluding hydrogens is 157 g/mol. The van der Waals surface area contributed by atoms with E-state index in [0.29, 0.717) is 13.0 Å². The van der Waals surface area contributed by atoms with Gasteiger partial charge >= 0.3 is 0 Å². The molecule has 0 amide bonds. The van der Waals surface area contributed by atoms with E-state index in [1.165, 1.54) is 0 Å². The Morgan fingerprint density at radius 3 is 2.92 bits per heavy atom. The standard InChI is InChI=1S/C9H18FNO/c1-9(12)4-2-6-11(8-9)7-3-5-10/h12H,2-8H2,1H3. The highest BCUT2D eigenvalue weighted by atomic mass is 19.1. The fraction of sp³-hybridized carbons (Fsp3) is 1.00. The Labute approximate surface area is 73.4 Å². The third kappa shape index (κ3) is 3.07. The molecule has 1 atom stereocenters. The Hall–Kier alpha value is -0.150. The maximum Gasteiger partial charge on any atom is 0.0906 e. The second-order valence-electron chi connectivity index (χ2n) is 3.92. The molecule has 0 bridgehead atoms. The van der Waals surface area contributed by atoms with Crippen molar-refractivity contribution in [1.82, 2.24) is 4.90 Å². The first-order valence-corrected chi connectivity index (χ1v) is 4.65. The Morgan fingerprint density at radius 2 is 2.33 bits per heavy atom. The van der Waals surface area contributed by atoms with E-state index in [-0.39, 0.29) is 6.67 Å². The molecule has 1 heterocycles. The SMILES string of the molecule is CC1(O)CCCN(CCCF)C1. The molecular formula is C9H18FNO. The second-order valence-corrected chi connectivity index (χ2v) is 3.92. The molecule has 1 fully saturated rings. The van der Waals surface area contributed by atoms with Crippen LogP contribution in [0.1, 0.15) is 26.2 Å². The molecule has 1 N–H and O–H groups in total. The third-order valence-corrected chi connectivity index (χ3v) is 2.36. The van der Waals surface area contributed by atoms with Crippen LogP contribution in [-0.2, 0) is 0 Å². The minimum Gasteiger partial charge on any atom is -0.389 e. The van der Waals surface area contributed by atoms with Gasteiger partial charge in [0.2, 0.25) is 0 Å². The molecule has 0 aromatic rings. The first-order chi connectivity index (χ1) is 5.64. The summed E-state index contributed by atoms with van der Waals surface area (Å²) < 4.78 is 11.9. The number of halogens is 1. The van der Waals surface area contributed by atoms with Gasteiger partial charge < -0.3 is 10.0 Å². The van der Waals surface area contributed by atoms with Crippen LogP contribution in [0.4, 0.5) is 4.39 Å². The molecule has 1 rings (SSSR count). The van der Waals surface area contributed by atoms with Crippen LogP contribution in [0.3, 0.4) is 0 Å². The summed E-state index contributed by atoms with van der Waals surface area (Å²) >= 11 is 0. The minimum atomic E-state index is -0.547. The van der Waals surface area contributed by atoms with Crippen molar-refractivity contribution in [3.05, 3.63) is 0 Å². The lowest BCUT2D eigenvalue weighted by molar-refractivity contribution is -0.0160. The topological polar surface area (TPSA) is 23.5 Å². The largest absolute Gasteiger partial charge is 0.389 e. The van der Waals surface area contributed by atoms with E-state index in [2.05, 4.69) is 4.90 Å². The molecule has 2 nitrogen and oxygen atoms in total. The monoisotopic (exact) mass is 175 g/mol. The number of hydrogen-bond acceptors (Lipinski definition) is 2. The first-order valence-electron chi connectivity index (χ1n) is 4.65. The van der Waals surface area contributed by atoms with E-state index in [1.54, 1.807) is 0 Å². The van der Waals surface area contributed by atoms with E-state index in [1.807, 2.05) is 6.92 Å². The summed E-state index contributed by atoms with van der Waals surface area (Å²) in [4.78, 5) is 2.14. The van der Waals surface area contributed by atoms with E-state index >= 15 is 0 Å². The Bertz CT molecular complexity index is 138. The highest BCUT2D eigenvalue weighted by molar-refractivity contribution is 4.82. The van der Waals surface area contributed by atoms with Gasteiger partial charge in [0.25, 0.3) is 0 Å². The number of piperidine rings is 1. The number of β-amino-alcohol motifs (C(OH)–C–C–N with tert-alkyl or cyclic N) is 1. The van der Waals surface area contributed by atoms with E-state index in [9.17, 15) is 9.50 Å². The minimum absolute atomic E-state index is 0.251. The number of likely N-dealkylation sites (tertiary alicyclic amines) is 1. The van der Waals surface area contributed by atoms with Crippen molar-refractivity contribution in [1.29, 1.82) is 0 Å². The van der Waals surface area contributed by atoms with Crippen molar-refractivity contribution < 1.29 is 9.50 Å². The molecule has 0 aliphatic carbocycles. The van der Waals surface area contributed by atoms with Crippen LogP contribution in [-0.4, -0.2) is 41.9 Å².